The van der Waals surface area contributed by atoms with Gasteiger partial charge in [-0.2, -0.15) is 5.10 Å². The first-order chi connectivity index (χ1) is 6.27. The molecular formula is C9H9ClN2S. The van der Waals surface area contributed by atoms with Crippen molar-refractivity contribution < 1.29 is 0 Å². The van der Waals surface area contributed by atoms with Gasteiger partial charge in [0.15, 0.2) is 0 Å². The lowest BCUT2D eigenvalue weighted by atomic mass is 10.2. The van der Waals surface area contributed by atoms with Gasteiger partial charge < -0.3 is 0 Å². The van der Waals surface area contributed by atoms with E-state index < -0.39 is 0 Å². The van der Waals surface area contributed by atoms with Crippen molar-refractivity contribution in [1.29, 1.82) is 0 Å². The highest BCUT2D eigenvalue weighted by atomic mass is 35.5. The number of hydrogen-bond donors (Lipinski definition) is 0. The minimum atomic E-state index is 0.768. The third-order valence-corrected chi connectivity index (χ3v) is 3.16. The Bertz CT molecular complexity index is 351. The Hall–Kier alpha value is -0.670. The smallest absolute Gasteiger partial charge is 0.127 e. The van der Waals surface area contributed by atoms with Crippen molar-refractivity contribution in [3.8, 4) is 0 Å². The minimum Gasteiger partial charge on any atom is -0.289 e. The van der Waals surface area contributed by atoms with Gasteiger partial charge in [-0.3, -0.25) is 5.01 Å². The second-order valence-corrected chi connectivity index (χ2v) is 4.16. The van der Waals surface area contributed by atoms with Gasteiger partial charge in [0, 0.05) is 12.6 Å². The molecule has 0 atom stereocenters. The van der Waals surface area contributed by atoms with Crippen LogP contribution in [0.5, 0.6) is 0 Å². The molecule has 1 aliphatic rings. The fraction of sp³-hybridized carbons (Fsp3) is 0.222. The molecule has 0 aromatic heterocycles. The molecule has 1 aromatic rings. The molecular weight excluding hydrogens is 204 g/mol. The summed E-state index contributed by atoms with van der Waals surface area (Å²) in [7, 11) is 1.96. The number of halogens is 1. The molecule has 0 unspecified atom stereocenters. The molecule has 0 fully saturated rings. The molecule has 4 heteroatoms. The SMILES string of the molecule is CN1CSC(c2ccccc2Cl)=N1. The van der Waals surface area contributed by atoms with E-state index in [1.807, 2.05) is 36.3 Å². The number of hydrazone groups is 1. The van der Waals surface area contributed by atoms with Gasteiger partial charge in [-0.05, 0) is 6.07 Å². The van der Waals surface area contributed by atoms with Crippen molar-refractivity contribution in [2.45, 2.75) is 0 Å². The normalized spacial score (nSPS) is 16.2. The van der Waals surface area contributed by atoms with Crippen LogP contribution < -0.4 is 0 Å². The van der Waals surface area contributed by atoms with E-state index in [9.17, 15) is 0 Å². The molecule has 1 aromatic carbocycles. The summed E-state index contributed by atoms with van der Waals surface area (Å²) in [6.07, 6.45) is 0. The maximum absolute atomic E-state index is 6.04. The van der Waals surface area contributed by atoms with Gasteiger partial charge in [-0.25, -0.2) is 0 Å². The molecule has 1 aliphatic heterocycles. The molecule has 1 heterocycles. The van der Waals surface area contributed by atoms with E-state index in [0.29, 0.717) is 0 Å². The third-order valence-electron chi connectivity index (χ3n) is 1.75. The molecule has 2 nitrogen and oxygen atoms in total. The zero-order chi connectivity index (χ0) is 9.26. The van der Waals surface area contributed by atoms with Crippen LogP contribution in [0.3, 0.4) is 0 Å². The van der Waals surface area contributed by atoms with E-state index in [2.05, 4.69) is 5.10 Å². The van der Waals surface area contributed by atoms with Crippen molar-refractivity contribution in [2.75, 3.05) is 12.9 Å². The zero-order valence-corrected chi connectivity index (χ0v) is 8.77. The van der Waals surface area contributed by atoms with Crippen molar-refractivity contribution in [3.05, 3.63) is 34.9 Å². The van der Waals surface area contributed by atoms with Crippen molar-refractivity contribution in [3.63, 3.8) is 0 Å². The second-order valence-electron chi connectivity index (χ2n) is 2.82. The molecule has 13 heavy (non-hydrogen) atoms. The van der Waals surface area contributed by atoms with Crippen molar-refractivity contribution in [1.82, 2.24) is 5.01 Å². The summed E-state index contributed by atoms with van der Waals surface area (Å²) >= 11 is 7.75. The van der Waals surface area contributed by atoms with Crippen molar-refractivity contribution in [2.24, 2.45) is 5.10 Å². The maximum atomic E-state index is 6.04. The first-order valence-corrected chi connectivity index (χ1v) is 5.31. The number of benzene rings is 1. The lowest BCUT2D eigenvalue weighted by Crippen LogP contribution is -2.02. The summed E-state index contributed by atoms with van der Waals surface area (Å²) in [5.41, 5.74) is 1.03. The lowest BCUT2D eigenvalue weighted by molar-refractivity contribution is 0.430. The third kappa shape index (κ3) is 1.81. The topological polar surface area (TPSA) is 15.6 Å². The Morgan fingerprint density at radius 3 is 2.85 bits per heavy atom. The molecule has 0 aliphatic carbocycles. The molecule has 0 saturated carbocycles. The molecule has 68 valence electrons. The quantitative estimate of drug-likeness (QED) is 0.711. The number of nitrogens with zero attached hydrogens (tertiary/aromatic N) is 2. The minimum absolute atomic E-state index is 0.768. The molecule has 0 bridgehead atoms. The summed E-state index contributed by atoms with van der Waals surface area (Å²) < 4.78 is 0. The van der Waals surface area contributed by atoms with Gasteiger partial charge in [0.2, 0.25) is 0 Å². The average Bonchev–Trinajstić information content (AvgIpc) is 2.53. The molecule has 0 saturated heterocycles. The van der Waals surface area contributed by atoms with E-state index in [4.69, 9.17) is 11.6 Å². The van der Waals surface area contributed by atoms with Crippen LogP contribution in [-0.2, 0) is 0 Å². The number of hydrogen-bond acceptors (Lipinski definition) is 3. The number of thioether (sulfide) groups is 1. The van der Waals surface area contributed by atoms with Gasteiger partial charge in [0.1, 0.15) is 5.04 Å². The van der Waals surface area contributed by atoms with Crippen LogP contribution in [0.4, 0.5) is 0 Å². The van der Waals surface area contributed by atoms with E-state index in [1.165, 1.54) is 0 Å². The van der Waals surface area contributed by atoms with Crippen LogP contribution in [0.1, 0.15) is 5.56 Å². The molecule has 2 rings (SSSR count). The predicted octanol–water partition coefficient (Wildman–Crippen LogP) is 2.64. The highest BCUT2D eigenvalue weighted by molar-refractivity contribution is 8.14. The van der Waals surface area contributed by atoms with Crippen molar-refractivity contribution >= 4 is 28.4 Å². The van der Waals surface area contributed by atoms with E-state index in [0.717, 1.165) is 21.5 Å². The molecule has 0 N–H and O–H groups in total. The zero-order valence-electron chi connectivity index (χ0n) is 7.20. The van der Waals surface area contributed by atoms with Gasteiger partial charge in [-0.15, -0.1) is 0 Å². The van der Waals surface area contributed by atoms with Gasteiger partial charge in [0.25, 0.3) is 0 Å². The fourth-order valence-electron chi connectivity index (χ4n) is 1.13. The van der Waals surface area contributed by atoms with E-state index in [1.54, 1.807) is 11.8 Å². The highest BCUT2D eigenvalue weighted by Crippen LogP contribution is 2.26. The Labute approximate surface area is 86.6 Å². The summed E-state index contributed by atoms with van der Waals surface area (Å²) in [5.74, 6) is 0.903. The summed E-state index contributed by atoms with van der Waals surface area (Å²) in [6.45, 7) is 0. The predicted molar refractivity (Wildman–Crippen MR) is 58.2 cm³/mol. The molecule has 0 amide bonds. The summed E-state index contributed by atoms with van der Waals surface area (Å²) in [4.78, 5) is 0. The Balaban J connectivity index is 2.36. The van der Waals surface area contributed by atoms with Crippen LogP contribution in [0.25, 0.3) is 0 Å². The lowest BCUT2D eigenvalue weighted by Gasteiger charge is -2.00. The van der Waals surface area contributed by atoms with Gasteiger partial charge >= 0.3 is 0 Å². The van der Waals surface area contributed by atoms with Gasteiger partial charge in [-0.1, -0.05) is 41.6 Å². The summed E-state index contributed by atoms with van der Waals surface area (Å²) in [5, 5.41) is 8.03. The largest absolute Gasteiger partial charge is 0.289 e. The Morgan fingerprint density at radius 2 is 2.23 bits per heavy atom. The monoisotopic (exact) mass is 212 g/mol. The molecule has 0 spiro atoms. The average molecular weight is 213 g/mol. The second kappa shape index (κ2) is 3.60. The number of rotatable bonds is 1. The fourth-order valence-corrected chi connectivity index (χ4v) is 2.31. The Morgan fingerprint density at radius 1 is 1.46 bits per heavy atom. The maximum Gasteiger partial charge on any atom is 0.127 e. The van der Waals surface area contributed by atoms with Gasteiger partial charge in [0.05, 0.1) is 10.9 Å². The standard InChI is InChI=1S/C9H9ClN2S/c1-12-6-13-9(11-12)7-4-2-3-5-8(7)10/h2-5H,6H2,1H3. The molecule has 0 radical (unpaired) electrons. The first kappa shape index (κ1) is 8.91. The van der Waals surface area contributed by atoms with Crippen LogP contribution in [0.2, 0.25) is 5.02 Å². The first-order valence-electron chi connectivity index (χ1n) is 3.95. The van der Waals surface area contributed by atoms with Crippen LogP contribution in [0.15, 0.2) is 29.4 Å². The van der Waals surface area contributed by atoms with E-state index in [-0.39, 0.29) is 0 Å². The highest BCUT2D eigenvalue weighted by Gasteiger charge is 2.15. The Kier molecular flexibility index (Phi) is 2.47. The van der Waals surface area contributed by atoms with E-state index >= 15 is 0 Å². The summed E-state index contributed by atoms with van der Waals surface area (Å²) in [6, 6.07) is 7.78. The van der Waals surface area contributed by atoms with Crippen LogP contribution in [-0.4, -0.2) is 23.0 Å². The van der Waals surface area contributed by atoms with Crippen LogP contribution >= 0.6 is 23.4 Å². The van der Waals surface area contributed by atoms with Crippen LogP contribution in [0, 0.1) is 0 Å².